The minimum Gasteiger partial charge on any atom is -0.503 e. The molecule has 1 aromatic heterocycles. The van der Waals surface area contributed by atoms with E-state index in [4.69, 9.17) is 0 Å². The van der Waals surface area contributed by atoms with Crippen molar-refractivity contribution in [2.24, 2.45) is 0 Å². The molecule has 1 N–H and O–H groups in total. The number of thioether (sulfide) groups is 1. The maximum Gasteiger partial charge on any atom is 0.296 e. The normalized spacial score (nSPS) is 15.6. The summed E-state index contributed by atoms with van der Waals surface area (Å²) in [6.45, 7) is 0. The predicted molar refractivity (Wildman–Crippen MR) is 150 cm³/mol. The maximum absolute atomic E-state index is 14.0. The van der Waals surface area contributed by atoms with Gasteiger partial charge in [0.05, 0.1) is 11.6 Å². The number of aliphatic hydroxyl groups excluding tert-OH is 1. The molecule has 0 fully saturated rings. The van der Waals surface area contributed by atoms with Crippen LogP contribution in [0.3, 0.4) is 0 Å². The summed E-state index contributed by atoms with van der Waals surface area (Å²) in [6.07, 6.45) is 2.98. The molecule has 0 saturated heterocycles. The number of aliphatic hydroxyl groups is 1. The molecule has 6 nitrogen and oxygen atoms in total. The van der Waals surface area contributed by atoms with E-state index in [2.05, 4.69) is 26.1 Å². The van der Waals surface area contributed by atoms with Crippen molar-refractivity contribution in [3.8, 4) is 0 Å². The van der Waals surface area contributed by atoms with Crippen LogP contribution in [-0.2, 0) is 15.3 Å². The predicted octanol–water partition coefficient (Wildman–Crippen LogP) is 6.91. The minimum absolute atomic E-state index is 0.0414. The molecule has 1 atom stereocenters. The second-order valence-electron chi connectivity index (χ2n) is 8.23. The number of allylic oxidation sites excluding steroid dienone is 1. The van der Waals surface area contributed by atoms with Crippen molar-refractivity contribution in [1.29, 1.82) is 0 Å². The van der Waals surface area contributed by atoms with Crippen LogP contribution >= 0.6 is 39.0 Å². The van der Waals surface area contributed by atoms with E-state index in [0.717, 1.165) is 21.4 Å². The van der Waals surface area contributed by atoms with Gasteiger partial charge >= 0.3 is 0 Å². The van der Waals surface area contributed by atoms with Gasteiger partial charge in [-0.3, -0.25) is 14.5 Å². The van der Waals surface area contributed by atoms with Crippen LogP contribution in [0.2, 0.25) is 0 Å². The highest BCUT2D eigenvalue weighted by molar-refractivity contribution is 9.10. The maximum atomic E-state index is 14.0. The Balaban J connectivity index is 1.46. The van der Waals surface area contributed by atoms with Crippen LogP contribution in [0.5, 0.6) is 0 Å². The fraction of sp³-hybridized carbons (Fsp3) is 0.0714. The summed E-state index contributed by atoms with van der Waals surface area (Å²) in [7, 11) is 0. The number of carbonyl (C=O) groups is 2. The van der Waals surface area contributed by atoms with Crippen molar-refractivity contribution in [2.45, 2.75) is 16.1 Å². The molecule has 10 heteroatoms. The summed E-state index contributed by atoms with van der Waals surface area (Å²) in [6, 6.07) is 22.0. The second kappa shape index (κ2) is 11.4. The summed E-state index contributed by atoms with van der Waals surface area (Å²) in [5.74, 6) is -1.83. The fourth-order valence-electron chi connectivity index (χ4n) is 3.95. The molecule has 0 radical (unpaired) electrons. The summed E-state index contributed by atoms with van der Waals surface area (Å²) in [4.78, 5) is 27.9. The number of benzene rings is 3. The lowest BCUT2D eigenvalue weighted by molar-refractivity contribution is -0.117. The first kappa shape index (κ1) is 26.0. The highest BCUT2D eigenvalue weighted by atomic mass is 79.9. The molecule has 0 bridgehead atoms. The number of amides is 1. The summed E-state index contributed by atoms with van der Waals surface area (Å²) < 4.78 is 15.4. The number of rotatable bonds is 8. The molecule has 2 heterocycles. The standard InChI is InChI=1S/C28H19BrFN3O3S2/c29-20-13-11-18(12-14-20)24-23(22(34)15-10-17-6-2-1-3-7-17)25(35)26(36)33(24)27-31-32-28(38-27)37-16-19-8-4-5-9-21(19)30/h1-15,24,35H,16H2. The average Bonchev–Trinajstić information content (AvgIpc) is 3.50. The van der Waals surface area contributed by atoms with E-state index in [1.165, 1.54) is 28.8 Å². The van der Waals surface area contributed by atoms with Gasteiger partial charge in [0.1, 0.15) is 5.82 Å². The fourth-order valence-corrected chi connectivity index (χ4v) is 6.07. The number of aromatic nitrogens is 2. The molecule has 1 aliphatic heterocycles. The Hall–Kier alpha value is -3.60. The Morgan fingerprint density at radius 2 is 1.76 bits per heavy atom. The molecule has 4 aromatic rings. The lowest BCUT2D eigenvalue weighted by atomic mass is 9.96. The van der Waals surface area contributed by atoms with Crippen LogP contribution in [0.15, 0.2) is 105 Å². The van der Waals surface area contributed by atoms with Gasteiger partial charge in [-0.15, -0.1) is 10.2 Å². The van der Waals surface area contributed by atoms with E-state index in [0.29, 0.717) is 21.2 Å². The van der Waals surface area contributed by atoms with Crippen molar-refractivity contribution in [3.05, 3.63) is 123 Å². The van der Waals surface area contributed by atoms with Gasteiger partial charge in [0.15, 0.2) is 15.9 Å². The number of ketones is 1. The van der Waals surface area contributed by atoms with Crippen molar-refractivity contribution in [2.75, 3.05) is 4.90 Å². The zero-order valence-corrected chi connectivity index (χ0v) is 22.8. The van der Waals surface area contributed by atoms with E-state index < -0.39 is 23.5 Å². The lowest BCUT2D eigenvalue weighted by Gasteiger charge is -2.23. The molecule has 1 amide bonds. The van der Waals surface area contributed by atoms with Crippen molar-refractivity contribution in [3.63, 3.8) is 0 Å². The van der Waals surface area contributed by atoms with Crippen LogP contribution in [0.25, 0.3) is 6.08 Å². The third-order valence-electron chi connectivity index (χ3n) is 5.80. The highest BCUT2D eigenvalue weighted by Crippen LogP contribution is 2.43. The van der Waals surface area contributed by atoms with Crippen LogP contribution in [0.4, 0.5) is 9.52 Å². The monoisotopic (exact) mass is 607 g/mol. The van der Waals surface area contributed by atoms with Crippen molar-refractivity contribution in [1.82, 2.24) is 10.2 Å². The average molecular weight is 609 g/mol. The van der Waals surface area contributed by atoms with Crippen LogP contribution in [0, 0.1) is 5.82 Å². The Kier molecular flexibility index (Phi) is 7.82. The Morgan fingerprint density at radius 3 is 2.50 bits per heavy atom. The van der Waals surface area contributed by atoms with E-state index in [-0.39, 0.29) is 16.5 Å². The summed E-state index contributed by atoms with van der Waals surface area (Å²) in [5, 5.41) is 19.4. The molecule has 1 unspecified atom stereocenters. The number of hydrogen-bond acceptors (Lipinski definition) is 7. The molecular formula is C28H19BrFN3O3S2. The van der Waals surface area contributed by atoms with Gasteiger partial charge in [-0.05, 0) is 41.0 Å². The number of hydrogen-bond donors (Lipinski definition) is 1. The topological polar surface area (TPSA) is 83.4 Å². The van der Waals surface area contributed by atoms with Crippen molar-refractivity contribution >= 4 is 61.9 Å². The zero-order chi connectivity index (χ0) is 26.6. The number of carbonyl (C=O) groups excluding carboxylic acids is 2. The second-order valence-corrected chi connectivity index (χ2v) is 11.3. The Labute approximate surface area is 234 Å². The molecule has 1 aliphatic rings. The molecule has 5 rings (SSSR count). The van der Waals surface area contributed by atoms with E-state index in [9.17, 15) is 19.1 Å². The van der Waals surface area contributed by atoms with Gasteiger partial charge in [-0.1, -0.05) is 106 Å². The van der Waals surface area contributed by atoms with Gasteiger partial charge in [0.2, 0.25) is 5.13 Å². The van der Waals surface area contributed by atoms with E-state index >= 15 is 0 Å². The summed E-state index contributed by atoms with van der Waals surface area (Å²) >= 11 is 5.83. The molecule has 3 aromatic carbocycles. The van der Waals surface area contributed by atoms with Gasteiger partial charge in [0.25, 0.3) is 5.91 Å². The Bertz CT molecular complexity index is 1560. The lowest BCUT2D eigenvalue weighted by Crippen LogP contribution is -2.30. The smallest absolute Gasteiger partial charge is 0.296 e. The zero-order valence-electron chi connectivity index (χ0n) is 19.6. The molecule has 38 heavy (non-hydrogen) atoms. The number of nitrogens with zero attached hydrogens (tertiary/aromatic N) is 3. The van der Waals surface area contributed by atoms with Crippen LogP contribution < -0.4 is 4.90 Å². The highest BCUT2D eigenvalue weighted by Gasteiger charge is 2.45. The SMILES string of the molecule is O=C(C=Cc1ccccc1)C1=C(O)C(=O)N(c2nnc(SCc3ccccc3F)s2)C1c1ccc(Br)cc1. The van der Waals surface area contributed by atoms with Crippen molar-refractivity contribution < 1.29 is 19.1 Å². The van der Waals surface area contributed by atoms with Gasteiger partial charge < -0.3 is 5.11 Å². The first-order valence-corrected chi connectivity index (χ1v) is 14.0. The first-order chi connectivity index (χ1) is 18.4. The molecule has 0 spiro atoms. The largest absolute Gasteiger partial charge is 0.503 e. The van der Waals surface area contributed by atoms with Gasteiger partial charge in [-0.2, -0.15) is 0 Å². The van der Waals surface area contributed by atoms with Gasteiger partial charge in [0, 0.05) is 10.2 Å². The van der Waals surface area contributed by atoms with Gasteiger partial charge in [-0.25, -0.2) is 4.39 Å². The Morgan fingerprint density at radius 1 is 1.05 bits per heavy atom. The molecular weight excluding hydrogens is 589 g/mol. The quantitative estimate of drug-likeness (QED) is 0.133. The first-order valence-electron chi connectivity index (χ1n) is 11.4. The van der Waals surface area contributed by atoms with E-state index in [1.54, 1.807) is 48.5 Å². The molecule has 190 valence electrons. The number of anilines is 1. The molecule has 0 aliphatic carbocycles. The third-order valence-corrected chi connectivity index (χ3v) is 8.43. The van der Waals surface area contributed by atoms with Crippen LogP contribution in [0.1, 0.15) is 22.7 Å². The van der Waals surface area contributed by atoms with Crippen LogP contribution in [-0.4, -0.2) is 27.0 Å². The van der Waals surface area contributed by atoms with E-state index in [1.807, 2.05) is 30.3 Å². The summed E-state index contributed by atoms with van der Waals surface area (Å²) in [5.41, 5.74) is 1.91. The third kappa shape index (κ3) is 5.47. The minimum atomic E-state index is -0.902. The molecule has 0 saturated carbocycles. The number of halogens is 2.